The number of carbonyl (C=O) groups is 1. The molecule has 0 saturated heterocycles. The van der Waals surface area contributed by atoms with Crippen molar-refractivity contribution < 1.29 is 14.3 Å². The van der Waals surface area contributed by atoms with E-state index in [1.807, 2.05) is 36.4 Å². The van der Waals surface area contributed by atoms with Gasteiger partial charge in [0.05, 0.1) is 24.8 Å². The van der Waals surface area contributed by atoms with Crippen LogP contribution in [0, 0.1) is 0 Å². The van der Waals surface area contributed by atoms with Crippen LogP contribution < -0.4 is 14.8 Å². The third-order valence-corrected chi connectivity index (χ3v) is 4.41. The molecule has 2 heterocycles. The van der Waals surface area contributed by atoms with Crippen LogP contribution in [0.15, 0.2) is 60.9 Å². The van der Waals surface area contributed by atoms with Crippen LogP contribution in [0.1, 0.15) is 5.56 Å². The first-order chi connectivity index (χ1) is 13.2. The van der Waals surface area contributed by atoms with E-state index in [1.54, 1.807) is 29.2 Å². The highest BCUT2D eigenvalue weighted by molar-refractivity contribution is 6.30. The number of anilines is 1. The van der Waals surface area contributed by atoms with Crippen molar-refractivity contribution in [2.75, 3.05) is 11.9 Å². The Kier molecular flexibility index (Phi) is 4.98. The Bertz CT molecular complexity index is 940. The lowest BCUT2D eigenvalue weighted by atomic mass is 10.1. The zero-order chi connectivity index (χ0) is 18.6. The Balaban J connectivity index is 1.32. The van der Waals surface area contributed by atoms with E-state index in [-0.39, 0.29) is 18.4 Å². The fraction of sp³-hybridized carbons (Fsp3) is 0.200. The Labute approximate surface area is 161 Å². The molecule has 1 aliphatic rings. The number of hydrogen-bond acceptors (Lipinski definition) is 4. The highest BCUT2D eigenvalue weighted by Gasteiger charge is 2.21. The lowest BCUT2D eigenvalue weighted by Gasteiger charge is -2.26. The lowest BCUT2D eigenvalue weighted by Crippen LogP contribution is -2.33. The van der Waals surface area contributed by atoms with Crippen molar-refractivity contribution in [2.24, 2.45) is 0 Å². The fourth-order valence-corrected chi connectivity index (χ4v) is 3.01. The van der Waals surface area contributed by atoms with E-state index in [0.29, 0.717) is 23.9 Å². The Hall–Kier alpha value is -2.99. The minimum absolute atomic E-state index is 0.108. The summed E-state index contributed by atoms with van der Waals surface area (Å²) in [6, 6.07) is 14.8. The van der Waals surface area contributed by atoms with Crippen LogP contribution in [0.25, 0.3) is 0 Å². The highest BCUT2D eigenvalue weighted by Crippen LogP contribution is 2.31. The number of nitrogens with zero attached hydrogens (tertiary/aromatic N) is 2. The second kappa shape index (κ2) is 7.72. The second-order valence-electron chi connectivity index (χ2n) is 6.30. The smallest absolute Gasteiger partial charge is 0.228 e. The van der Waals surface area contributed by atoms with Gasteiger partial charge >= 0.3 is 0 Å². The summed E-state index contributed by atoms with van der Waals surface area (Å²) < 4.78 is 13.4. The largest absolute Gasteiger partial charge is 0.486 e. The monoisotopic (exact) mass is 383 g/mol. The molecule has 7 heteroatoms. The number of nitrogens with one attached hydrogen (secondary N) is 1. The third-order valence-electron chi connectivity index (χ3n) is 4.15. The molecule has 27 heavy (non-hydrogen) atoms. The van der Waals surface area contributed by atoms with Crippen LogP contribution >= 0.6 is 11.6 Å². The minimum Gasteiger partial charge on any atom is -0.486 e. The molecule has 1 N–H and O–H groups in total. The number of rotatable bonds is 5. The van der Waals surface area contributed by atoms with Gasteiger partial charge in [0.25, 0.3) is 0 Å². The number of carbonyl (C=O) groups excluding carboxylic acids is 1. The van der Waals surface area contributed by atoms with Gasteiger partial charge in [-0.15, -0.1) is 0 Å². The predicted molar refractivity (Wildman–Crippen MR) is 102 cm³/mol. The molecule has 1 atom stereocenters. The van der Waals surface area contributed by atoms with Gasteiger partial charge in [0, 0.05) is 11.2 Å². The molecule has 0 radical (unpaired) electrons. The summed E-state index contributed by atoms with van der Waals surface area (Å²) in [6.45, 7) is 0.983. The van der Waals surface area contributed by atoms with Crippen molar-refractivity contribution in [3.8, 4) is 11.5 Å². The number of ether oxygens (including phenoxy) is 2. The topological polar surface area (TPSA) is 65.4 Å². The van der Waals surface area contributed by atoms with Crippen molar-refractivity contribution in [3.05, 3.63) is 71.5 Å². The van der Waals surface area contributed by atoms with Crippen LogP contribution in [0.3, 0.4) is 0 Å². The second-order valence-corrected chi connectivity index (χ2v) is 6.74. The van der Waals surface area contributed by atoms with Crippen LogP contribution in [-0.4, -0.2) is 28.4 Å². The SMILES string of the molecule is O=C(Cc1ccc(Cl)cc1)Nc1cnn(CC2COc3ccccc3O2)c1. The van der Waals surface area contributed by atoms with Gasteiger partial charge in [0.2, 0.25) is 5.91 Å². The van der Waals surface area contributed by atoms with E-state index in [9.17, 15) is 4.79 Å². The Morgan fingerprint density at radius 2 is 1.96 bits per heavy atom. The molecule has 4 rings (SSSR count). The van der Waals surface area contributed by atoms with Crippen LogP contribution in [-0.2, 0) is 17.8 Å². The summed E-state index contributed by atoms with van der Waals surface area (Å²) in [5, 5.41) is 7.79. The maximum atomic E-state index is 12.2. The molecule has 138 valence electrons. The van der Waals surface area contributed by atoms with E-state index in [2.05, 4.69) is 10.4 Å². The van der Waals surface area contributed by atoms with Gasteiger partial charge in [0.1, 0.15) is 6.61 Å². The quantitative estimate of drug-likeness (QED) is 0.731. The summed E-state index contributed by atoms with van der Waals surface area (Å²) in [5.41, 5.74) is 1.54. The minimum atomic E-state index is -0.141. The summed E-state index contributed by atoms with van der Waals surface area (Å²) >= 11 is 5.86. The highest BCUT2D eigenvalue weighted by atomic mass is 35.5. The van der Waals surface area contributed by atoms with Gasteiger partial charge in [0.15, 0.2) is 17.6 Å². The molecule has 0 fully saturated rings. The number of para-hydroxylation sites is 2. The predicted octanol–water partition coefficient (Wildman–Crippen LogP) is 3.56. The maximum Gasteiger partial charge on any atom is 0.228 e. The first-order valence-electron chi connectivity index (χ1n) is 8.61. The van der Waals surface area contributed by atoms with Crippen LogP contribution in [0.5, 0.6) is 11.5 Å². The molecule has 0 aliphatic carbocycles. The molecule has 2 aromatic carbocycles. The van der Waals surface area contributed by atoms with Crippen molar-refractivity contribution in [1.29, 1.82) is 0 Å². The third kappa shape index (κ3) is 4.41. The van der Waals surface area contributed by atoms with Crippen molar-refractivity contribution in [2.45, 2.75) is 19.1 Å². The van der Waals surface area contributed by atoms with E-state index in [1.165, 1.54) is 0 Å². The number of amides is 1. The van der Waals surface area contributed by atoms with Crippen molar-refractivity contribution in [1.82, 2.24) is 9.78 Å². The molecular formula is C20H18ClN3O3. The van der Waals surface area contributed by atoms with E-state index < -0.39 is 0 Å². The number of fused-ring (bicyclic) bond motifs is 1. The van der Waals surface area contributed by atoms with Gasteiger partial charge < -0.3 is 14.8 Å². The van der Waals surface area contributed by atoms with Crippen LogP contribution in [0.2, 0.25) is 5.02 Å². The first-order valence-corrected chi connectivity index (χ1v) is 8.99. The van der Waals surface area contributed by atoms with Gasteiger partial charge in [-0.05, 0) is 29.8 Å². The summed E-state index contributed by atoms with van der Waals surface area (Å²) in [4.78, 5) is 12.2. The molecule has 6 nitrogen and oxygen atoms in total. The van der Waals surface area contributed by atoms with Crippen LogP contribution in [0.4, 0.5) is 5.69 Å². The number of aromatic nitrogens is 2. The molecule has 1 aliphatic heterocycles. The van der Waals surface area contributed by atoms with Gasteiger partial charge in [-0.1, -0.05) is 35.9 Å². The lowest BCUT2D eigenvalue weighted by molar-refractivity contribution is -0.115. The van der Waals surface area contributed by atoms with Gasteiger partial charge in [-0.2, -0.15) is 5.10 Å². The first kappa shape index (κ1) is 17.4. The molecule has 1 unspecified atom stereocenters. The zero-order valence-electron chi connectivity index (χ0n) is 14.5. The molecule has 1 aromatic heterocycles. The standard InChI is InChI=1S/C20H18ClN3O3/c21-15-7-5-14(6-8-15)9-20(25)23-16-10-22-24(11-16)12-17-13-26-18-3-1-2-4-19(18)27-17/h1-8,10-11,17H,9,12-13H2,(H,23,25). The number of benzene rings is 2. The summed E-state index contributed by atoms with van der Waals surface area (Å²) in [6.07, 6.45) is 3.54. The normalized spacial score (nSPS) is 15.4. The van der Waals surface area contributed by atoms with E-state index >= 15 is 0 Å². The van der Waals surface area contributed by atoms with Crippen molar-refractivity contribution in [3.63, 3.8) is 0 Å². The molecule has 1 amide bonds. The maximum absolute atomic E-state index is 12.2. The van der Waals surface area contributed by atoms with E-state index in [4.69, 9.17) is 21.1 Å². The average Bonchev–Trinajstić information content (AvgIpc) is 3.10. The van der Waals surface area contributed by atoms with Gasteiger partial charge in [-0.25, -0.2) is 0 Å². The van der Waals surface area contributed by atoms with Gasteiger partial charge in [-0.3, -0.25) is 9.48 Å². The molecule has 0 saturated carbocycles. The summed E-state index contributed by atoms with van der Waals surface area (Å²) in [5.74, 6) is 1.38. The summed E-state index contributed by atoms with van der Waals surface area (Å²) in [7, 11) is 0. The molecule has 3 aromatic rings. The Morgan fingerprint density at radius 3 is 2.78 bits per heavy atom. The number of halogens is 1. The van der Waals surface area contributed by atoms with E-state index in [0.717, 1.165) is 17.1 Å². The zero-order valence-corrected chi connectivity index (χ0v) is 15.2. The number of hydrogen-bond donors (Lipinski definition) is 1. The Morgan fingerprint density at radius 1 is 1.19 bits per heavy atom. The fourth-order valence-electron chi connectivity index (χ4n) is 2.88. The average molecular weight is 384 g/mol. The van der Waals surface area contributed by atoms with Crippen molar-refractivity contribution >= 4 is 23.2 Å². The molecule has 0 bridgehead atoms. The molecule has 0 spiro atoms. The molecular weight excluding hydrogens is 366 g/mol.